The van der Waals surface area contributed by atoms with Crippen LogP contribution >= 0.6 is 11.5 Å². The lowest BCUT2D eigenvalue weighted by Crippen LogP contribution is -2.18. The second-order valence-corrected chi connectivity index (χ2v) is 3.57. The molecule has 2 aromatic heterocycles. The van der Waals surface area contributed by atoms with Crippen molar-refractivity contribution in [2.75, 3.05) is 0 Å². The van der Waals surface area contributed by atoms with Crippen LogP contribution in [0.2, 0.25) is 0 Å². The van der Waals surface area contributed by atoms with Gasteiger partial charge in [-0.3, -0.25) is 4.79 Å². The van der Waals surface area contributed by atoms with Crippen LogP contribution in [0.15, 0.2) is 29.3 Å². The van der Waals surface area contributed by atoms with Gasteiger partial charge in [-0.05, 0) is 17.6 Å². The van der Waals surface area contributed by atoms with Gasteiger partial charge in [-0.15, -0.1) is 5.10 Å². The Morgan fingerprint density at radius 1 is 1.50 bits per heavy atom. The van der Waals surface area contributed by atoms with E-state index in [1.54, 1.807) is 6.20 Å². The average molecular weight is 211 g/mol. The highest BCUT2D eigenvalue weighted by molar-refractivity contribution is 7.05. The van der Waals surface area contributed by atoms with Crippen molar-refractivity contribution in [2.24, 2.45) is 0 Å². The highest BCUT2D eigenvalue weighted by Gasteiger charge is 2.01. The molecule has 2 aromatic rings. The van der Waals surface area contributed by atoms with Gasteiger partial charge in [-0.2, -0.15) is 0 Å². The molecule has 0 aliphatic heterocycles. The first-order valence-corrected chi connectivity index (χ1v) is 4.65. The normalized spacial score (nSPS) is 10.4. The number of pyridine rings is 1. The van der Waals surface area contributed by atoms with E-state index in [9.17, 15) is 9.18 Å². The second kappa shape index (κ2) is 3.67. The zero-order chi connectivity index (χ0) is 9.97. The van der Waals surface area contributed by atoms with E-state index in [0.717, 1.165) is 10.9 Å². The third-order valence-corrected chi connectivity index (χ3v) is 2.33. The number of nitrogens with zero attached hydrogens (tertiary/aromatic N) is 3. The fourth-order valence-electron chi connectivity index (χ4n) is 1.05. The van der Waals surface area contributed by atoms with Crippen LogP contribution in [0.3, 0.4) is 0 Å². The predicted molar refractivity (Wildman–Crippen MR) is 49.7 cm³/mol. The molecule has 72 valence electrons. The van der Waals surface area contributed by atoms with Crippen molar-refractivity contribution < 1.29 is 4.39 Å². The van der Waals surface area contributed by atoms with Crippen molar-refractivity contribution in [3.63, 3.8) is 0 Å². The lowest BCUT2D eigenvalue weighted by atomic mass is 10.4. The second-order valence-electron chi connectivity index (χ2n) is 2.70. The summed E-state index contributed by atoms with van der Waals surface area (Å²) in [7, 11) is 0. The Morgan fingerprint density at radius 2 is 2.36 bits per heavy atom. The summed E-state index contributed by atoms with van der Waals surface area (Å²) in [5.74, 6) is -0.429. The Labute approximate surface area is 82.8 Å². The van der Waals surface area contributed by atoms with Crippen LogP contribution in [-0.4, -0.2) is 14.2 Å². The van der Waals surface area contributed by atoms with Crippen LogP contribution < -0.4 is 5.56 Å². The minimum Gasteiger partial charge on any atom is -0.307 e. The zero-order valence-electron chi connectivity index (χ0n) is 7.05. The van der Waals surface area contributed by atoms with Crippen LogP contribution in [0, 0.1) is 5.82 Å². The summed E-state index contributed by atoms with van der Waals surface area (Å²) in [5.41, 5.74) is -0.236. The lowest BCUT2D eigenvalue weighted by Gasteiger charge is -2.01. The molecule has 14 heavy (non-hydrogen) atoms. The quantitative estimate of drug-likeness (QED) is 0.741. The molecule has 2 heterocycles. The van der Waals surface area contributed by atoms with Gasteiger partial charge in [0.25, 0.3) is 5.56 Å². The van der Waals surface area contributed by atoms with E-state index >= 15 is 0 Å². The van der Waals surface area contributed by atoms with Gasteiger partial charge in [0.1, 0.15) is 5.82 Å². The van der Waals surface area contributed by atoms with Gasteiger partial charge in [0.05, 0.1) is 17.6 Å². The molecule has 0 fully saturated rings. The molecule has 0 aliphatic rings. The maximum absolute atomic E-state index is 12.8. The first-order chi connectivity index (χ1) is 6.75. The van der Waals surface area contributed by atoms with Gasteiger partial charge in [-0.1, -0.05) is 4.49 Å². The average Bonchev–Trinajstić information content (AvgIpc) is 2.64. The van der Waals surface area contributed by atoms with Crippen LogP contribution in [0.4, 0.5) is 4.39 Å². The van der Waals surface area contributed by atoms with Gasteiger partial charge in [0.2, 0.25) is 0 Å². The van der Waals surface area contributed by atoms with Crippen LogP contribution in [-0.2, 0) is 6.54 Å². The van der Waals surface area contributed by atoms with Crippen molar-refractivity contribution in [2.45, 2.75) is 6.54 Å². The van der Waals surface area contributed by atoms with Crippen LogP contribution in [0.5, 0.6) is 0 Å². The Balaban J connectivity index is 2.33. The standard InChI is InChI=1S/C8H6FN3OS/c9-6-1-2-8(13)12(4-6)5-7-3-10-11-14-7/h1-4H,5H2. The third kappa shape index (κ3) is 1.85. The van der Waals surface area contributed by atoms with E-state index in [4.69, 9.17) is 0 Å². The van der Waals surface area contributed by atoms with E-state index in [-0.39, 0.29) is 5.56 Å². The molecule has 0 amide bonds. The molecule has 0 spiro atoms. The highest BCUT2D eigenvalue weighted by atomic mass is 32.1. The van der Waals surface area contributed by atoms with Crippen molar-refractivity contribution in [3.8, 4) is 0 Å². The molecule has 0 aromatic carbocycles. The van der Waals surface area contributed by atoms with Crippen molar-refractivity contribution in [1.29, 1.82) is 0 Å². The van der Waals surface area contributed by atoms with E-state index in [1.807, 2.05) is 0 Å². The van der Waals surface area contributed by atoms with Gasteiger partial charge >= 0.3 is 0 Å². The van der Waals surface area contributed by atoms with Crippen molar-refractivity contribution in [3.05, 3.63) is 45.6 Å². The number of aromatic nitrogens is 3. The fraction of sp³-hybridized carbons (Fsp3) is 0.125. The van der Waals surface area contributed by atoms with Crippen molar-refractivity contribution in [1.82, 2.24) is 14.2 Å². The molecular formula is C8H6FN3OS. The van der Waals surface area contributed by atoms with E-state index in [0.29, 0.717) is 6.54 Å². The van der Waals surface area contributed by atoms with E-state index < -0.39 is 5.82 Å². The first-order valence-electron chi connectivity index (χ1n) is 3.88. The topological polar surface area (TPSA) is 47.8 Å². The molecule has 4 nitrogen and oxygen atoms in total. The zero-order valence-corrected chi connectivity index (χ0v) is 7.87. The molecule has 0 atom stereocenters. The van der Waals surface area contributed by atoms with Gasteiger partial charge < -0.3 is 4.57 Å². The molecule has 0 radical (unpaired) electrons. The lowest BCUT2D eigenvalue weighted by molar-refractivity contribution is 0.596. The Kier molecular flexibility index (Phi) is 2.36. The van der Waals surface area contributed by atoms with Gasteiger partial charge in [0, 0.05) is 12.3 Å². The molecule has 0 bridgehead atoms. The molecule has 0 aliphatic carbocycles. The monoisotopic (exact) mass is 211 g/mol. The fourth-order valence-corrected chi connectivity index (χ4v) is 1.54. The van der Waals surface area contributed by atoms with Gasteiger partial charge in [-0.25, -0.2) is 4.39 Å². The Morgan fingerprint density at radius 3 is 3.07 bits per heavy atom. The Hall–Kier alpha value is -1.56. The third-order valence-electron chi connectivity index (χ3n) is 1.68. The summed E-state index contributed by atoms with van der Waals surface area (Å²) in [6, 6.07) is 2.34. The molecule has 0 saturated heterocycles. The molecular weight excluding hydrogens is 205 g/mol. The highest BCUT2D eigenvalue weighted by Crippen LogP contribution is 2.03. The molecule has 0 saturated carbocycles. The Bertz CT molecular complexity index is 480. The van der Waals surface area contributed by atoms with E-state index in [1.165, 1.54) is 28.4 Å². The number of hydrogen-bond donors (Lipinski definition) is 0. The van der Waals surface area contributed by atoms with E-state index in [2.05, 4.69) is 9.59 Å². The van der Waals surface area contributed by atoms with Crippen molar-refractivity contribution >= 4 is 11.5 Å². The van der Waals surface area contributed by atoms with Crippen LogP contribution in [0.1, 0.15) is 4.88 Å². The largest absolute Gasteiger partial charge is 0.307 e. The minimum absolute atomic E-state index is 0.236. The molecule has 0 unspecified atom stereocenters. The summed E-state index contributed by atoms with van der Waals surface area (Å²) >= 11 is 1.19. The smallest absolute Gasteiger partial charge is 0.251 e. The molecule has 2 rings (SSSR count). The minimum atomic E-state index is -0.429. The summed E-state index contributed by atoms with van der Waals surface area (Å²) in [6.07, 6.45) is 2.73. The summed E-state index contributed by atoms with van der Waals surface area (Å²) in [6.45, 7) is 0.314. The summed E-state index contributed by atoms with van der Waals surface area (Å²) in [5, 5.41) is 3.63. The molecule has 0 N–H and O–H groups in total. The maximum Gasteiger partial charge on any atom is 0.251 e. The number of halogens is 1. The summed E-state index contributed by atoms with van der Waals surface area (Å²) < 4.78 is 17.7. The van der Waals surface area contributed by atoms with Crippen LogP contribution in [0.25, 0.3) is 0 Å². The summed E-state index contributed by atoms with van der Waals surface area (Å²) in [4.78, 5) is 12.1. The predicted octanol–water partition coefficient (Wildman–Crippen LogP) is 0.887. The number of rotatable bonds is 2. The maximum atomic E-state index is 12.8. The molecule has 6 heteroatoms. The number of hydrogen-bond acceptors (Lipinski definition) is 4. The SMILES string of the molecule is O=c1ccc(F)cn1Cc1cnns1. The first kappa shape index (κ1) is 9.01. The van der Waals surface area contributed by atoms with Gasteiger partial charge in [0.15, 0.2) is 0 Å².